The fourth-order valence-corrected chi connectivity index (χ4v) is 3.63. The van der Waals surface area contributed by atoms with Gasteiger partial charge in [0.25, 0.3) is 0 Å². The molecule has 0 aliphatic heterocycles. The van der Waals surface area contributed by atoms with Gasteiger partial charge >= 0.3 is 0 Å². The lowest BCUT2D eigenvalue weighted by Crippen LogP contribution is -2.58. The number of aliphatic hydroxyl groups is 1. The molecule has 0 heterocycles. The van der Waals surface area contributed by atoms with Gasteiger partial charge in [0, 0.05) is 40.3 Å². The average molecular weight is 332 g/mol. The van der Waals surface area contributed by atoms with E-state index in [4.69, 9.17) is 18.9 Å². The molecule has 0 amide bonds. The molecule has 0 aromatic heterocycles. The average Bonchev–Trinajstić information content (AvgIpc) is 2.60. The van der Waals surface area contributed by atoms with Crippen LogP contribution in [0.15, 0.2) is 0 Å². The van der Waals surface area contributed by atoms with Gasteiger partial charge in [0.15, 0.2) is 5.79 Å². The highest BCUT2D eigenvalue weighted by atomic mass is 16.7. The summed E-state index contributed by atoms with van der Waals surface area (Å²) in [5.41, 5.74) is 0. The number of hydrogen-bond acceptors (Lipinski definition) is 5. The first kappa shape index (κ1) is 20.8. The van der Waals surface area contributed by atoms with Crippen LogP contribution in [0, 0.1) is 5.92 Å². The Kier molecular flexibility index (Phi) is 10.3. The van der Waals surface area contributed by atoms with Crippen LogP contribution in [0.5, 0.6) is 0 Å². The standard InChI is InChI=1S/C18H36O5/c1-5-6-7-8-9-10-13-23-16-11-12-18(21-3,22-4)17(20-2)15(16)14-19/h15-17,19H,5-14H2,1-4H3/t15-,16+,17+/m0/s1. The van der Waals surface area contributed by atoms with E-state index < -0.39 is 5.79 Å². The second kappa shape index (κ2) is 11.4. The summed E-state index contributed by atoms with van der Waals surface area (Å²) in [7, 11) is 4.89. The first-order valence-corrected chi connectivity index (χ1v) is 9.04. The van der Waals surface area contributed by atoms with Crippen molar-refractivity contribution < 1.29 is 24.1 Å². The number of rotatable bonds is 12. The molecule has 5 heteroatoms. The Bertz CT molecular complexity index is 293. The Morgan fingerprint density at radius 1 is 1.00 bits per heavy atom. The molecule has 0 aromatic rings. The summed E-state index contributed by atoms with van der Waals surface area (Å²) < 4.78 is 22.8. The Balaban J connectivity index is 2.44. The van der Waals surface area contributed by atoms with Crippen molar-refractivity contribution in [2.45, 2.75) is 76.3 Å². The lowest BCUT2D eigenvalue weighted by molar-refractivity contribution is -0.306. The molecule has 1 rings (SSSR count). The van der Waals surface area contributed by atoms with Crippen molar-refractivity contribution in [3.05, 3.63) is 0 Å². The van der Waals surface area contributed by atoms with Gasteiger partial charge in [0.05, 0.1) is 12.7 Å². The van der Waals surface area contributed by atoms with Gasteiger partial charge in [-0.1, -0.05) is 39.0 Å². The molecule has 5 nitrogen and oxygen atoms in total. The molecule has 0 aromatic carbocycles. The fraction of sp³-hybridized carbons (Fsp3) is 1.00. The van der Waals surface area contributed by atoms with Crippen LogP contribution < -0.4 is 0 Å². The third-order valence-electron chi connectivity index (χ3n) is 5.06. The zero-order chi connectivity index (χ0) is 17.1. The maximum atomic E-state index is 9.81. The predicted octanol–water partition coefficient (Wildman–Crippen LogP) is 3.14. The quantitative estimate of drug-likeness (QED) is 0.439. The fourth-order valence-electron chi connectivity index (χ4n) is 3.63. The van der Waals surface area contributed by atoms with Gasteiger partial charge in [-0.2, -0.15) is 0 Å². The second-order valence-corrected chi connectivity index (χ2v) is 6.44. The van der Waals surface area contributed by atoms with Crippen LogP contribution in [-0.4, -0.2) is 57.6 Å². The number of ether oxygens (including phenoxy) is 4. The summed E-state index contributed by atoms with van der Waals surface area (Å²) in [4.78, 5) is 0. The maximum Gasteiger partial charge on any atom is 0.194 e. The molecule has 1 aliphatic carbocycles. The SMILES string of the molecule is CCCCCCCCO[C@@H]1CCC(OC)(OC)[C@H](OC)[C@H]1CO. The molecule has 1 saturated carbocycles. The second-order valence-electron chi connectivity index (χ2n) is 6.44. The van der Waals surface area contributed by atoms with E-state index in [0.29, 0.717) is 6.42 Å². The van der Waals surface area contributed by atoms with Crippen LogP contribution in [-0.2, 0) is 18.9 Å². The Morgan fingerprint density at radius 2 is 1.65 bits per heavy atom. The van der Waals surface area contributed by atoms with Gasteiger partial charge in [-0.25, -0.2) is 0 Å². The minimum absolute atomic E-state index is 0.000910. The van der Waals surface area contributed by atoms with E-state index in [1.807, 2.05) is 0 Å². The van der Waals surface area contributed by atoms with Crippen molar-refractivity contribution >= 4 is 0 Å². The maximum absolute atomic E-state index is 9.81. The topological polar surface area (TPSA) is 57.2 Å². The summed E-state index contributed by atoms with van der Waals surface area (Å²) >= 11 is 0. The lowest BCUT2D eigenvalue weighted by atomic mass is 9.79. The molecule has 0 unspecified atom stereocenters. The van der Waals surface area contributed by atoms with Crippen molar-refractivity contribution in [2.75, 3.05) is 34.5 Å². The summed E-state index contributed by atoms with van der Waals surface area (Å²) in [6.45, 7) is 2.98. The van der Waals surface area contributed by atoms with Crippen molar-refractivity contribution in [1.29, 1.82) is 0 Å². The van der Waals surface area contributed by atoms with Crippen LogP contribution >= 0.6 is 0 Å². The summed E-state index contributed by atoms with van der Waals surface area (Å²) in [6.07, 6.45) is 8.67. The summed E-state index contributed by atoms with van der Waals surface area (Å²) in [6, 6.07) is 0. The van der Waals surface area contributed by atoms with Crippen molar-refractivity contribution in [1.82, 2.24) is 0 Å². The molecule has 3 atom stereocenters. The Morgan fingerprint density at radius 3 is 2.22 bits per heavy atom. The third kappa shape index (κ3) is 5.68. The molecule has 1 fully saturated rings. The van der Waals surface area contributed by atoms with Crippen LogP contribution in [0.2, 0.25) is 0 Å². The first-order chi connectivity index (χ1) is 11.2. The number of unbranched alkanes of at least 4 members (excludes halogenated alkanes) is 5. The molecule has 23 heavy (non-hydrogen) atoms. The molecule has 1 aliphatic rings. The Hall–Kier alpha value is -0.200. The minimum Gasteiger partial charge on any atom is -0.396 e. The van der Waals surface area contributed by atoms with Gasteiger partial charge < -0.3 is 24.1 Å². The monoisotopic (exact) mass is 332 g/mol. The minimum atomic E-state index is -0.790. The molecule has 0 radical (unpaired) electrons. The van der Waals surface area contributed by atoms with E-state index in [1.54, 1.807) is 21.3 Å². The molecule has 138 valence electrons. The van der Waals surface area contributed by atoms with Crippen LogP contribution in [0.4, 0.5) is 0 Å². The normalized spacial score (nSPS) is 27.3. The van der Waals surface area contributed by atoms with Crippen molar-refractivity contribution in [2.24, 2.45) is 5.92 Å². The molecular weight excluding hydrogens is 296 g/mol. The van der Waals surface area contributed by atoms with Crippen molar-refractivity contribution in [3.8, 4) is 0 Å². The number of aliphatic hydroxyl groups excluding tert-OH is 1. The van der Waals surface area contributed by atoms with Gasteiger partial charge in [0.2, 0.25) is 0 Å². The zero-order valence-corrected chi connectivity index (χ0v) is 15.4. The van der Waals surface area contributed by atoms with Gasteiger partial charge in [-0.3, -0.25) is 0 Å². The molecule has 0 bridgehead atoms. The van der Waals surface area contributed by atoms with E-state index >= 15 is 0 Å². The third-order valence-corrected chi connectivity index (χ3v) is 5.06. The number of hydrogen-bond donors (Lipinski definition) is 1. The van der Waals surface area contributed by atoms with E-state index in [1.165, 1.54) is 32.1 Å². The smallest absolute Gasteiger partial charge is 0.194 e. The zero-order valence-electron chi connectivity index (χ0n) is 15.4. The van der Waals surface area contributed by atoms with Gasteiger partial charge in [0.1, 0.15) is 6.10 Å². The van der Waals surface area contributed by atoms with Crippen LogP contribution in [0.1, 0.15) is 58.3 Å². The number of methoxy groups -OCH3 is 3. The highest BCUT2D eigenvalue weighted by Crippen LogP contribution is 2.39. The van der Waals surface area contributed by atoms with Gasteiger partial charge in [-0.05, 0) is 12.8 Å². The van der Waals surface area contributed by atoms with Crippen LogP contribution in [0.3, 0.4) is 0 Å². The first-order valence-electron chi connectivity index (χ1n) is 9.04. The van der Waals surface area contributed by atoms with Crippen LogP contribution in [0.25, 0.3) is 0 Å². The molecule has 0 spiro atoms. The largest absolute Gasteiger partial charge is 0.396 e. The highest BCUT2D eigenvalue weighted by molar-refractivity contribution is 4.95. The lowest BCUT2D eigenvalue weighted by Gasteiger charge is -2.47. The predicted molar refractivity (Wildman–Crippen MR) is 90.5 cm³/mol. The van der Waals surface area contributed by atoms with E-state index in [2.05, 4.69) is 6.92 Å². The van der Waals surface area contributed by atoms with E-state index in [0.717, 1.165) is 19.4 Å². The molecule has 0 saturated heterocycles. The van der Waals surface area contributed by atoms with Crippen molar-refractivity contribution in [3.63, 3.8) is 0 Å². The Labute approximate surface area is 141 Å². The molecule has 1 N–H and O–H groups in total. The highest BCUT2D eigenvalue weighted by Gasteiger charge is 2.51. The van der Waals surface area contributed by atoms with Gasteiger partial charge in [-0.15, -0.1) is 0 Å². The summed E-state index contributed by atoms with van der Waals surface area (Å²) in [5.74, 6) is -0.920. The van der Waals surface area contributed by atoms with E-state index in [9.17, 15) is 5.11 Å². The van der Waals surface area contributed by atoms with E-state index in [-0.39, 0.29) is 24.7 Å². The molecular formula is C18H36O5. The summed E-state index contributed by atoms with van der Waals surface area (Å²) in [5, 5.41) is 9.81.